The molecule has 1 atom stereocenters. The van der Waals surface area contributed by atoms with E-state index in [0.29, 0.717) is 19.8 Å². The van der Waals surface area contributed by atoms with Crippen molar-refractivity contribution in [2.75, 3.05) is 13.2 Å². The molecule has 0 radical (unpaired) electrons. The summed E-state index contributed by atoms with van der Waals surface area (Å²) < 4.78 is 5.64. The predicted octanol–water partition coefficient (Wildman–Crippen LogP) is 2.54. The summed E-state index contributed by atoms with van der Waals surface area (Å²) in [5, 5.41) is 14.1. The molecular weight excluding hydrogens is 238 g/mol. The lowest BCUT2D eigenvalue weighted by atomic mass is 9.84. The van der Waals surface area contributed by atoms with Gasteiger partial charge in [-0.2, -0.15) is 0 Å². The van der Waals surface area contributed by atoms with E-state index in [4.69, 9.17) is 4.74 Å². The Bertz CT molecular complexity index is 427. The van der Waals surface area contributed by atoms with Gasteiger partial charge in [-0.25, -0.2) is 0 Å². The van der Waals surface area contributed by atoms with Crippen molar-refractivity contribution in [3.8, 4) is 0 Å². The van der Waals surface area contributed by atoms with Gasteiger partial charge < -0.3 is 15.2 Å². The molecule has 1 unspecified atom stereocenters. The number of aliphatic hydroxyl groups is 1. The molecule has 0 saturated heterocycles. The molecule has 19 heavy (non-hydrogen) atoms. The van der Waals surface area contributed by atoms with Crippen molar-refractivity contribution >= 4 is 0 Å². The first-order valence-electron chi connectivity index (χ1n) is 7.38. The Hall–Kier alpha value is -0.900. The molecule has 1 heterocycles. The zero-order chi connectivity index (χ0) is 13.1. The van der Waals surface area contributed by atoms with Gasteiger partial charge in [0, 0.05) is 6.54 Å². The third-order valence-corrected chi connectivity index (χ3v) is 4.43. The van der Waals surface area contributed by atoms with E-state index in [2.05, 4.69) is 29.6 Å². The van der Waals surface area contributed by atoms with Crippen LogP contribution in [0.1, 0.15) is 49.3 Å². The molecule has 1 aliphatic carbocycles. The summed E-state index contributed by atoms with van der Waals surface area (Å²) in [4.78, 5) is 0. The lowest BCUT2D eigenvalue weighted by molar-refractivity contribution is -0.00336. The molecule has 1 aromatic carbocycles. The number of hydrogen-bond acceptors (Lipinski definition) is 3. The van der Waals surface area contributed by atoms with Gasteiger partial charge in [0.05, 0.1) is 24.9 Å². The van der Waals surface area contributed by atoms with Gasteiger partial charge in [0.25, 0.3) is 0 Å². The molecule has 2 aliphatic rings. The maximum Gasteiger partial charge on any atom is 0.0771 e. The number of benzene rings is 1. The molecule has 1 saturated carbocycles. The van der Waals surface area contributed by atoms with Gasteiger partial charge in [0.2, 0.25) is 0 Å². The van der Waals surface area contributed by atoms with E-state index in [0.717, 1.165) is 25.7 Å². The normalized spacial score (nSPS) is 25.8. The average molecular weight is 261 g/mol. The van der Waals surface area contributed by atoms with Crippen LogP contribution in [0.2, 0.25) is 0 Å². The van der Waals surface area contributed by atoms with Gasteiger partial charge >= 0.3 is 0 Å². The van der Waals surface area contributed by atoms with Crippen LogP contribution in [0.5, 0.6) is 0 Å². The molecule has 1 aliphatic heterocycles. The van der Waals surface area contributed by atoms with Crippen LogP contribution >= 0.6 is 0 Å². The van der Waals surface area contributed by atoms with E-state index in [1.165, 1.54) is 17.5 Å². The smallest absolute Gasteiger partial charge is 0.0771 e. The highest BCUT2D eigenvalue weighted by molar-refractivity contribution is 5.31. The first-order chi connectivity index (χ1) is 9.27. The molecule has 3 nitrogen and oxygen atoms in total. The summed E-state index contributed by atoms with van der Waals surface area (Å²) >= 11 is 0. The van der Waals surface area contributed by atoms with E-state index in [-0.39, 0.29) is 6.04 Å². The fraction of sp³-hybridized carbons (Fsp3) is 0.625. The van der Waals surface area contributed by atoms with E-state index in [9.17, 15) is 5.11 Å². The molecule has 3 heteroatoms. The topological polar surface area (TPSA) is 41.5 Å². The molecule has 1 fully saturated rings. The van der Waals surface area contributed by atoms with Crippen LogP contribution in [0.4, 0.5) is 0 Å². The zero-order valence-electron chi connectivity index (χ0n) is 11.4. The minimum atomic E-state index is -0.509. The SMILES string of the molecule is OC1(CNC2COCc3ccccc32)CCCCC1. The molecule has 0 spiro atoms. The number of fused-ring (bicyclic) bond motifs is 1. The second kappa shape index (κ2) is 5.61. The summed E-state index contributed by atoms with van der Waals surface area (Å²) in [5.41, 5.74) is 2.08. The van der Waals surface area contributed by atoms with Crippen LogP contribution in [-0.2, 0) is 11.3 Å². The lowest BCUT2D eigenvalue weighted by Gasteiger charge is -2.35. The fourth-order valence-corrected chi connectivity index (χ4v) is 3.25. The minimum absolute atomic E-state index is 0.218. The second-order valence-electron chi connectivity index (χ2n) is 5.93. The minimum Gasteiger partial charge on any atom is -0.389 e. The van der Waals surface area contributed by atoms with Gasteiger partial charge in [-0.15, -0.1) is 0 Å². The van der Waals surface area contributed by atoms with Crippen LogP contribution in [-0.4, -0.2) is 23.9 Å². The van der Waals surface area contributed by atoms with Crippen molar-refractivity contribution < 1.29 is 9.84 Å². The highest BCUT2D eigenvalue weighted by Gasteiger charge is 2.30. The Morgan fingerprint density at radius 1 is 1.21 bits per heavy atom. The average Bonchev–Trinajstić information content (AvgIpc) is 2.46. The van der Waals surface area contributed by atoms with Crippen molar-refractivity contribution in [3.63, 3.8) is 0 Å². The number of nitrogens with one attached hydrogen (secondary N) is 1. The Labute approximate surface area is 115 Å². The summed E-state index contributed by atoms with van der Waals surface area (Å²) in [7, 11) is 0. The number of hydrogen-bond donors (Lipinski definition) is 2. The Morgan fingerprint density at radius 2 is 2.00 bits per heavy atom. The van der Waals surface area contributed by atoms with E-state index < -0.39 is 5.60 Å². The third kappa shape index (κ3) is 2.99. The molecule has 2 N–H and O–H groups in total. The number of ether oxygens (including phenoxy) is 1. The van der Waals surface area contributed by atoms with Crippen LogP contribution in [0.15, 0.2) is 24.3 Å². The molecule has 0 amide bonds. The fourth-order valence-electron chi connectivity index (χ4n) is 3.25. The zero-order valence-corrected chi connectivity index (χ0v) is 11.4. The second-order valence-corrected chi connectivity index (χ2v) is 5.93. The van der Waals surface area contributed by atoms with Gasteiger partial charge in [-0.3, -0.25) is 0 Å². The largest absolute Gasteiger partial charge is 0.389 e. The molecular formula is C16H23NO2. The Balaban J connectivity index is 1.64. The maximum atomic E-state index is 10.5. The van der Waals surface area contributed by atoms with Gasteiger partial charge in [-0.1, -0.05) is 43.5 Å². The van der Waals surface area contributed by atoms with E-state index in [1.807, 2.05) is 0 Å². The standard InChI is InChI=1S/C16H23NO2/c18-16(8-4-1-5-9-16)12-17-15-11-19-10-13-6-2-3-7-14(13)15/h2-3,6-7,15,17-18H,1,4-5,8-12H2. The van der Waals surface area contributed by atoms with Crippen LogP contribution in [0.3, 0.4) is 0 Å². The van der Waals surface area contributed by atoms with Gasteiger partial charge in [0.15, 0.2) is 0 Å². The maximum absolute atomic E-state index is 10.5. The van der Waals surface area contributed by atoms with Crippen LogP contribution in [0.25, 0.3) is 0 Å². The lowest BCUT2D eigenvalue weighted by Crippen LogP contribution is -2.44. The van der Waals surface area contributed by atoms with Crippen molar-refractivity contribution in [2.45, 2.75) is 50.4 Å². The van der Waals surface area contributed by atoms with Crippen molar-refractivity contribution in [1.29, 1.82) is 0 Å². The first-order valence-corrected chi connectivity index (χ1v) is 7.38. The van der Waals surface area contributed by atoms with Gasteiger partial charge in [-0.05, 0) is 24.0 Å². The Morgan fingerprint density at radius 3 is 2.84 bits per heavy atom. The summed E-state index contributed by atoms with van der Waals surface area (Å²) in [6.45, 7) is 2.08. The van der Waals surface area contributed by atoms with Crippen LogP contribution in [0, 0.1) is 0 Å². The molecule has 1 aromatic rings. The van der Waals surface area contributed by atoms with Crippen molar-refractivity contribution in [1.82, 2.24) is 5.32 Å². The molecule has 0 aromatic heterocycles. The van der Waals surface area contributed by atoms with Gasteiger partial charge in [0.1, 0.15) is 0 Å². The highest BCUT2D eigenvalue weighted by Crippen LogP contribution is 2.29. The highest BCUT2D eigenvalue weighted by atomic mass is 16.5. The molecule has 3 rings (SSSR count). The van der Waals surface area contributed by atoms with Crippen molar-refractivity contribution in [2.24, 2.45) is 0 Å². The van der Waals surface area contributed by atoms with Crippen LogP contribution < -0.4 is 5.32 Å². The Kier molecular flexibility index (Phi) is 3.87. The quantitative estimate of drug-likeness (QED) is 0.878. The molecule has 104 valence electrons. The number of rotatable bonds is 3. The van der Waals surface area contributed by atoms with E-state index >= 15 is 0 Å². The summed E-state index contributed by atoms with van der Waals surface area (Å²) in [6.07, 6.45) is 5.41. The summed E-state index contributed by atoms with van der Waals surface area (Å²) in [5.74, 6) is 0. The monoisotopic (exact) mass is 261 g/mol. The third-order valence-electron chi connectivity index (χ3n) is 4.43. The van der Waals surface area contributed by atoms with E-state index in [1.54, 1.807) is 0 Å². The first kappa shape index (κ1) is 13.1. The van der Waals surface area contributed by atoms with Crippen molar-refractivity contribution in [3.05, 3.63) is 35.4 Å². The summed E-state index contributed by atoms with van der Waals surface area (Å²) in [6, 6.07) is 8.64. The molecule has 0 bridgehead atoms. The predicted molar refractivity (Wildman–Crippen MR) is 74.9 cm³/mol.